The van der Waals surface area contributed by atoms with Crippen LogP contribution in [0.3, 0.4) is 0 Å². The lowest BCUT2D eigenvalue weighted by atomic mass is 9.85. The number of rotatable bonds is 4. The summed E-state index contributed by atoms with van der Waals surface area (Å²) in [5.41, 5.74) is -0.120. The van der Waals surface area contributed by atoms with E-state index in [1.807, 2.05) is 6.07 Å². The van der Waals surface area contributed by atoms with Gasteiger partial charge in [0, 0.05) is 17.8 Å². The summed E-state index contributed by atoms with van der Waals surface area (Å²) in [4.78, 5) is 12.7. The van der Waals surface area contributed by atoms with Gasteiger partial charge < -0.3 is 14.4 Å². The maximum atomic E-state index is 12.7. The van der Waals surface area contributed by atoms with Crippen LogP contribution in [-0.4, -0.2) is 36.1 Å². The predicted octanol–water partition coefficient (Wildman–Crippen LogP) is 1.32. The van der Waals surface area contributed by atoms with E-state index in [0.29, 0.717) is 22.4 Å². The zero-order chi connectivity index (χ0) is 20.7. The highest BCUT2D eigenvalue weighted by Gasteiger charge is 2.44. The molecule has 0 saturated heterocycles. The number of hydrogen-bond acceptors (Lipinski definition) is 7. The molecule has 0 amide bonds. The van der Waals surface area contributed by atoms with Crippen LogP contribution in [0.5, 0.6) is 5.75 Å². The molecule has 1 N–H and O–H groups in total. The first-order valence-electron chi connectivity index (χ1n) is 8.48. The number of aromatic nitrogens is 1. The number of ether oxygens (including phenoxy) is 1. The maximum absolute atomic E-state index is 12.7. The molecular formula is C19H20N2O6S. The van der Waals surface area contributed by atoms with Crippen molar-refractivity contribution in [1.82, 2.24) is 4.57 Å². The molecule has 2 atom stereocenters. The van der Waals surface area contributed by atoms with Crippen LogP contribution in [0, 0.1) is 11.3 Å². The maximum Gasteiger partial charge on any atom is 0.264 e. The van der Waals surface area contributed by atoms with Gasteiger partial charge in [0.1, 0.15) is 17.5 Å². The van der Waals surface area contributed by atoms with Crippen molar-refractivity contribution in [3.05, 3.63) is 63.6 Å². The monoisotopic (exact) mass is 404 g/mol. The van der Waals surface area contributed by atoms with Gasteiger partial charge in [-0.05, 0) is 43.7 Å². The molecular weight excluding hydrogens is 384 g/mol. The van der Waals surface area contributed by atoms with Gasteiger partial charge in [0.2, 0.25) is 0 Å². The molecule has 1 aliphatic rings. The Kier molecular flexibility index (Phi) is 5.06. The van der Waals surface area contributed by atoms with E-state index in [2.05, 4.69) is 0 Å². The second-order valence-corrected chi connectivity index (χ2v) is 8.85. The minimum atomic E-state index is -3.63. The van der Waals surface area contributed by atoms with E-state index in [4.69, 9.17) is 8.92 Å². The average Bonchev–Trinajstić information content (AvgIpc) is 2.61. The van der Waals surface area contributed by atoms with E-state index in [-0.39, 0.29) is 6.61 Å². The standard InChI is InChI=1S/C19H20N2O6S/c1-19(2)18(23)17(14-8-12(10-20)4-5-15(14)27-19)21-7-6-13(9-16(21)22)11-26-28(3,24)25/h4-9,17-18,23H,11H2,1-3H3/t17-,18+/m0/s1. The molecule has 0 spiro atoms. The molecule has 9 heteroatoms. The van der Waals surface area contributed by atoms with E-state index in [0.717, 1.165) is 6.26 Å². The normalized spacial score (nSPS) is 20.7. The second kappa shape index (κ2) is 7.05. The summed E-state index contributed by atoms with van der Waals surface area (Å²) in [5, 5.41) is 20.1. The van der Waals surface area contributed by atoms with Crippen LogP contribution in [0.1, 0.15) is 36.6 Å². The lowest BCUT2D eigenvalue weighted by Gasteiger charge is -2.42. The van der Waals surface area contributed by atoms with Crippen LogP contribution in [0.15, 0.2) is 41.3 Å². The Labute approximate surface area is 162 Å². The van der Waals surface area contributed by atoms with E-state index in [1.54, 1.807) is 38.1 Å². The molecule has 0 radical (unpaired) electrons. The number of aliphatic hydroxyl groups is 1. The van der Waals surface area contributed by atoms with Gasteiger partial charge in [-0.3, -0.25) is 8.98 Å². The summed E-state index contributed by atoms with van der Waals surface area (Å²) in [5.74, 6) is 0.482. The summed E-state index contributed by atoms with van der Waals surface area (Å²) in [6.45, 7) is 3.17. The molecule has 1 aromatic carbocycles. The van der Waals surface area contributed by atoms with Crippen molar-refractivity contribution in [2.45, 2.75) is 38.2 Å². The van der Waals surface area contributed by atoms with Crippen molar-refractivity contribution in [3.63, 3.8) is 0 Å². The molecule has 0 unspecified atom stereocenters. The van der Waals surface area contributed by atoms with Crippen molar-refractivity contribution in [2.75, 3.05) is 6.26 Å². The highest BCUT2D eigenvalue weighted by molar-refractivity contribution is 7.85. The highest BCUT2D eigenvalue weighted by atomic mass is 32.2. The van der Waals surface area contributed by atoms with Crippen LogP contribution in [0.25, 0.3) is 0 Å². The van der Waals surface area contributed by atoms with Crippen molar-refractivity contribution in [3.8, 4) is 11.8 Å². The summed E-state index contributed by atoms with van der Waals surface area (Å²) in [7, 11) is -3.63. The van der Waals surface area contributed by atoms with Gasteiger partial charge in [0.05, 0.1) is 30.5 Å². The summed E-state index contributed by atoms with van der Waals surface area (Å²) >= 11 is 0. The SMILES string of the molecule is CC1(C)Oc2ccc(C#N)cc2[C@H](n2ccc(COS(C)(=O)=O)cc2=O)[C@H]1O. The third-order valence-electron chi connectivity index (χ3n) is 4.59. The van der Waals surface area contributed by atoms with Crippen molar-refractivity contribution in [2.24, 2.45) is 0 Å². The molecule has 0 bridgehead atoms. The van der Waals surface area contributed by atoms with E-state index < -0.39 is 33.4 Å². The van der Waals surface area contributed by atoms with Gasteiger partial charge in [-0.1, -0.05) is 0 Å². The first-order chi connectivity index (χ1) is 13.0. The Balaban J connectivity index is 2.07. The Morgan fingerprint density at radius 3 is 2.64 bits per heavy atom. The lowest BCUT2D eigenvalue weighted by molar-refractivity contribution is -0.0643. The van der Waals surface area contributed by atoms with Crippen LogP contribution in [0.4, 0.5) is 0 Å². The average molecular weight is 404 g/mol. The summed E-state index contributed by atoms with van der Waals surface area (Å²) < 4.78 is 34.2. The quantitative estimate of drug-likeness (QED) is 0.763. The van der Waals surface area contributed by atoms with E-state index in [1.165, 1.54) is 16.8 Å². The number of pyridine rings is 1. The van der Waals surface area contributed by atoms with Gasteiger partial charge in [-0.2, -0.15) is 13.7 Å². The van der Waals surface area contributed by atoms with Crippen LogP contribution in [0.2, 0.25) is 0 Å². The van der Waals surface area contributed by atoms with Gasteiger partial charge in [-0.25, -0.2) is 0 Å². The molecule has 148 valence electrons. The first kappa shape index (κ1) is 20.1. The molecule has 8 nitrogen and oxygen atoms in total. The molecule has 2 aromatic rings. The third kappa shape index (κ3) is 3.94. The van der Waals surface area contributed by atoms with Gasteiger partial charge in [0.25, 0.3) is 15.7 Å². The molecule has 2 heterocycles. The molecule has 3 rings (SSSR count). The van der Waals surface area contributed by atoms with Crippen LogP contribution >= 0.6 is 0 Å². The number of hydrogen-bond donors (Lipinski definition) is 1. The van der Waals surface area contributed by atoms with Gasteiger partial charge in [0.15, 0.2) is 0 Å². The third-order valence-corrected chi connectivity index (χ3v) is 5.14. The fourth-order valence-electron chi connectivity index (χ4n) is 3.16. The molecule has 28 heavy (non-hydrogen) atoms. The Hall–Kier alpha value is -2.67. The summed E-state index contributed by atoms with van der Waals surface area (Å²) in [6.07, 6.45) is 1.34. The zero-order valence-corrected chi connectivity index (χ0v) is 16.4. The lowest BCUT2D eigenvalue weighted by Crippen LogP contribution is -2.52. The van der Waals surface area contributed by atoms with Gasteiger partial charge in [-0.15, -0.1) is 0 Å². The first-order valence-corrected chi connectivity index (χ1v) is 10.3. The number of benzene rings is 1. The van der Waals surface area contributed by atoms with Crippen molar-refractivity contribution < 1.29 is 22.4 Å². The second-order valence-electron chi connectivity index (χ2n) is 7.21. The number of nitrogens with zero attached hydrogens (tertiary/aromatic N) is 2. The minimum Gasteiger partial charge on any atom is -0.485 e. The zero-order valence-electron chi connectivity index (χ0n) is 15.6. The summed E-state index contributed by atoms with van der Waals surface area (Å²) in [6, 6.07) is 8.92. The van der Waals surface area contributed by atoms with Crippen molar-refractivity contribution >= 4 is 10.1 Å². The molecule has 0 fully saturated rings. The topological polar surface area (TPSA) is 119 Å². The van der Waals surface area contributed by atoms with E-state index in [9.17, 15) is 23.6 Å². The molecule has 1 aliphatic heterocycles. The van der Waals surface area contributed by atoms with Crippen molar-refractivity contribution in [1.29, 1.82) is 5.26 Å². The highest BCUT2D eigenvalue weighted by Crippen LogP contribution is 2.41. The Morgan fingerprint density at radius 1 is 1.32 bits per heavy atom. The smallest absolute Gasteiger partial charge is 0.264 e. The fraction of sp³-hybridized carbons (Fsp3) is 0.368. The minimum absolute atomic E-state index is 0.258. The van der Waals surface area contributed by atoms with Crippen LogP contribution < -0.4 is 10.3 Å². The number of nitriles is 1. The molecule has 0 saturated carbocycles. The molecule has 0 aliphatic carbocycles. The predicted molar refractivity (Wildman–Crippen MR) is 100 cm³/mol. The Bertz CT molecular complexity index is 1110. The van der Waals surface area contributed by atoms with Gasteiger partial charge >= 0.3 is 0 Å². The number of fused-ring (bicyclic) bond motifs is 1. The van der Waals surface area contributed by atoms with E-state index >= 15 is 0 Å². The molecule has 1 aromatic heterocycles. The fourth-order valence-corrected chi connectivity index (χ4v) is 3.51. The number of aliphatic hydroxyl groups excluding tert-OH is 1. The van der Waals surface area contributed by atoms with Crippen LogP contribution in [-0.2, 0) is 20.9 Å². The Morgan fingerprint density at radius 2 is 2.04 bits per heavy atom. The largest absolute Gasteiger partial charge is 0.485 e.